The molecule has 0 aromatic carbocycles. The van der Waals surface area contributed by atoms with Gasteiger partial charge in [0.2, 0.25) is 0 Å². The van der Waals surface area contributed by atoms with Gasteiger partial charge in [-0.25, -0.2) is 4.79 Å². The second kappa shape index (κ2) is 5.52. The lowest BCUT2D eigenvalue weighted by Crippen LogP contribution is -2.28. The highest BCUT2D eigenvalue weighted by Crippen LogP contribution is 2.14. The lowest BCUT2D eigenvalue weighted by molar-refractivity contribution is -0.164. The highest BCUT2D eigenvalue weighted by Gasteiger charge is 2.21. The van der Waals surface area contributed by atoms with Crippen LogP contribution in [0, 0.1) is 13.8 Å². The van der Waals surface area contributed by atoms with Crippen LogP contribution >= 0.6 is 0 Å². The fourth-order valence-corrected chi connectivity index (χ4v) is 1.49. The normalized spacial score (nSPS) is 12.2. The van der Waals surface area contributed by atoms with Crippen molar-refractivity contribution < 1.29 is 19.4 Å². The number of carboxylic acids is 1. The zero-order valence-electron chi connectivity index (χ0n) is 10.6. The van der Waals surface area contributed by atoms with Crippen LogP contribution in [0.25, 0.3) is 0 Å². The summed E-state index contributed by atoms with van der Waals surface area (Å²) in [7, 11) is 0. The van der Waals surface area contributed by atoms with Crippen LogP contribution in [0.4, 0.5) is 5.69 Å². The Balaban J connectivity index is 2.70. The molecule has 1 rings (SSSR count). The van der Waals surface area contributed by atoms with Gasteiger partial charge in [0.25, 0.3) is 0 Å². The monoisotopic (exact) mass is 255 g/mol. The number of carboxylic acid groups (broad SMARTS) is 1. The predicted octanol–water partition coefficient (Wildman–Crippen LogP) is 0.489. The van der Waals surface area contributed by atoms with Crippen LogP contribution in [0.2, 0.25) is 0 Å². The summed E-state index contributed by atoms with van der Waals surface area (Å²) < 4.78 is 6.23. The maximum absolute atomic E-state index is 11.6. The minimum Gasteiger partial charge on any atom is -0.479 e. The number of hydrogen-bond acceptors (Lipinski definition) is 5. The summed E-state index contributed by atoms with van der Waals surface area (Å²) in [6.07, 6.45) is -0.896. The number of nitrogens with two attached hydrogens (primary N) is 1. The zero-order chi connectivity index (χ0) is 13.9. The Kier molecular flexibility index (Phi) is 4.30. The highest BCUT2D eigenvalue weighted by molar-refractivity contribution is 5.77. The summed E-state index contributed by atoms with van der Waals surface area (Å²) >= 11 is 0. The third-order valence-electron chi connectivity index (χ3n) is 2.64. The summed E-state index contributed by atoms with van der Waals surface area (Å²) in [5.74, 6) is -1.80. The average molecular weight is 255 g/mol. The molecule has 0 saturated carbocycles. The number of carbonyl (C=O) groups is 2. The molecule has 0 aliphatic heterocycles. The fourth-order valence-electron chi connectivity index (χ4n) is 1.49. The smallest absolute Gasteiger partial charge is 0.345 e. The minimum atomic E-state index is -1.15. The number of aryl methyl sites for hydroxylation is 1. The van der Waals surface area contributed by atoms with E-state index < -0.39 is 18.0 Å². The van der Waals surface area contributed by atoms with E-state index in [4.69, 9.17) is 15.6 Å². The van der Waals surface area contributed by atoms with Gasteiger partial charge in [-0.15, -0.1) is 0 Å². The quantitative estimate of drug-likeness (QED) is 0.741. The number of nitrogen functional groups attached to an aromatic ring is 1. The number of aliphatic carboxylic acids is 1. The number of ether oxygens (including phenoxy) is 1. The maximum Gasteiger partial charge on any atom is 0.345 e. The van der Waals surface area contributed by atoms with Gasteiger partial charge in [-0.2, -0.15) is 5.10 Å². The van der Waals surface area contributed by atoms with Crippen molar-refractivity contribution >= 4 is 17.6 Å². The van der Waals surface area contributed by atoms with Gasteiger partial charge in [0.05, 0.1) is 17.1 Å². The second-order valence-corrected chi connectivity index (χ2v) is 3.97. The molecule has 0 radical (unpaired) electrons. The molecule has 0 aliphatic carbocycles. The molecule has 100 valence electrons. The molecule has 1 heterocycles. The van der Waals surface area contributed by atoms with E-state index in [0.29, 0.717) is 17.1 Å². The molecular formula is C11H17N3O4. The topological polar surface area (TPSA) is 107 Å². The van der Waals surface area contributed by atoms with Crippen LogP contribution in [0.15, 0.2) is 0 Å². The van der Waals surface area contributed by atoms with Gasteiger partial charge in [-0.3, -0.25) is 9.48 Å². The van der Waals surface area contributed by atoms with E-state index in [1.807, 2.05) is 0 Å². The third kappa shape index (κ3) is 2.99. The Labute approximate surface area is 105 Å². The van der Waals surface area contributed by atoms with Crippen molar-refractivity contribution in [2.24, 2.45) is 0 Å². The van der Waals surface area contributed by atoms with Gasteiger partial charge in [0.15, 0.2) is 6.10 Å². The molecule has 3 N–H and O–H groups in total. The third-order valence-corrected chi connectivity index (χ3v) is 2.64. The number of nitrogens with zero attached hydrogens (tertiary/aromatic N) is 2. The number of rotatable bonds is 5. The summed E-state index contributed by atoms with van der Waals surface area (Å²) in [5.41, 5.74) is 7.54. The van der Waals surface area contributed by atoms with E-state index in [9.17, 15) is 9.59 Å². The molecule has 1 aromatic rings. The van der Waals surface area contributed by atoms with Gasteiger partial charge in [-0.1, -0.05) is 6.92 Å². The molecule has 1 aromatic heterocycles. The van der Waals surface area contributed by atoms with Crippen LogP contribution in [-0.2, 0) is 20.9 Å². The molecule has 0 aliphatic rings. The van der Waals surface area contributed by atoms with Crippen molar-refractivity contribution in [1.82, 2.24) is 9.78 Å². The molecule has 0 spiro atoms. The van der Waals surface area contributed by atoms with Crippen LogP contribution in [0.3, 0.4) is 0 Å². The Bertz CT molecular complexity index is 467. The van der Waals surface area contributed by atoms with Crippen LogP contribution in [-0.4, -0.2) is 32.9 Å². The largest absolute Gasteiger partial charge is 0.479 e. The first-order valence-electron chi connectivity index (χ1n) is 5.58. The van der Waals surface area contributed by atoms with E-state index in [2.05, 4.69) is 5.10 Å². The molecule has 18 heavy (non-hydrogen) atoms. The SMILES string of the molecule is CCC(OC(=O)Cn1nc(C)c(N)c1C)C(=O)O. The number of aromatic nitrogens is 2. The molecular weight excluding hydrogens is 238 g/mol. The summed E-state index contributed by atoms with van der Waals surface area (Å²) in [6, 6.07) is 0. The van der Waals surface area contributed by atoms with Crippen LogP contribution < -0.4 is 5.73 Å². The van der Waals surface area contributed by atoms with E-state index in [1.54, 1.807) is 20.8 Å². The average Bonchev–Trinajstić information content (AvgIpc) is 2.53. The van der Waals surface area contributed by atoms with Crippen LogP contribution in [0.5, 0.6) is 0 Å². The molecule has 1 atom stereocenters. The number of esters is 1. The molecule has 0 saturated heterocycles. The summed E-state index contributed by atoms with van der Waals surface area (Å²) in [6.45, 7) is 4.95. The van der Waals surface area contributed by atoms with E-state index in [0.717, 1.165) is 0 Å². The second-order valence-electron chi connectivity index (χ2n) is 3.97. The number of hydrogen-bond donors (Lipinski definition) is 2. The Morgan fingerprint density at radius 2 is 2.11 bits per heavy atom. The first-order chi connectivity index (χ1) is 8.36. The van der Waals surface area contributed by atoms with E-state index >= 15 is 0 Å². The van der Waals surface area contributed by atoms with Crippen molar-refractivity contribution in [2.45, 2.75) is 39.8 Å². The Morgan fingerprint density at radius 3 is 2.50 bits per heavy atom. The molecule has 0 amide bonds. The van der Waals surface area contributed by atoms with Gasteiger partial charge in [-0.05, 0) is 20.3 Å². The molecule has 7 nitrogen and oxygen atoms in total. The zero-order valence-corrected chi connectivity index (χ0v) is 10.6. The summed E-state index contributed by atoms with van der Waals surface area (Å²) in [5, 5.41) is 12.8. The Morgan fingerprint density at radius 1 is 1.50 bits per heavy atom. The fraction of sp³-hybridized carbons (Fsp3) is 0.545. The van der Waals surface area contributed by atoms with Crippen molar-refractivity contribution in [2.75, 3.05) is 5.73 Å². The van der Waals surface area contributed by atoms with E-state index in [1.165, 1.54) is 4.68 Å². The first-order valence-corrected chi connectivity index (χ1v) is 5.58. The lowest BCUT2D eigenvalue weighted by atomic mass is 10.3. The molecule has 0 fully saturated rings. The van der Waals surface area contributed by atoms with Crippen molar-refractivity contribution in [3.8, 4) is 0 Å². The highest BCUT2D eigenvalue weighted by atomic mass is 16.6. The standard InChI is InChI=1S/C11H17N3O4/c1-4-8(11(16)17)18-9(15)5-14-7(3)10(12)6(2)13-14/h8H,4-5,12H2,1-3H3,(H,16,17). The number of carbonyl (C=O) groups excluding carboxylic acids is 1. The lowest BCUT2D eigenvalue weighted by Gasteiger charge is -2.11. The molecule has 1 unspecified atom stereocenters. The van der Waals surface area contributed by atoms with Crippen LogP contribution in [0.1, 0.15) is 24.7 Å². The van der Waals surface area contributed by atoms with Crippen molar-refractivity contribution in [3.05, 3.63) is 11.4 Å². The van der Waals surface area contributed by atoms with Gasteiger partial charge in [0, 0.05) is 0 Å². The minimum absolute atomic E-state index is 0.145. The van der Waals surface area contributed by atoms with E-state index in [-0.39, 0.29) is 13.0 Å². The summed E-state index contributed by atoms with van der Waals surface area (Å²) in [4.78, 5) is 22.3. The predicted molar refractivity (Wildman–Crippen MR) is 63.9 cm³/mol. The van der Waals surface area contributed by atoms with Crippen molar-refractivity contribution in [1.29, 1.82) is 0 Å². The first kappa shape index (κ1) is 14.0. The van der Waals surface area contributed by atoms with Crippen molar-refractivity contribution in [3.63, 3.8) is 0 Å². The number of anilines is 1. The van der Waals surface area contributed by atoms with Gasteiger partial charge >= 0.3 is 11.9 Å². The molecule has 0 bridgehead atoms. The maximum atomic E-state index is 11.6. The Hall–Kier alpha value is -2.05. The van der Waals surface area contributed by atoms with Gasteiger partial charge in [0.1, 0.15) is 6.54 Å². The van der Waals surface area contributed by atoms with Gasteiger partial charge < -0.3 is 15.6 Å². The molecule has 7 heteroatoms.